The van der Waals surface area contributed by atoms with Crippen molar-refractivity contribution in [1.29, 1.82) is 0 Å². The number of hydrogen-bond donors (Lipinski definition) is 2. The fourth-order valence-electron chi connectivity index (χ4n) is 1.38. The molecule has 0 saturated heterocycles. The van der Waals surface area contributed by atoms with Crippen LogP contribution < -0.4 is 5.32 Å². The highest BCUT2D eigenvalue weighted by Gasteiger charge is 2.14. The summed E-state index contributed by atoms with van der Waals surface area (Å²) in [6, 6.07) is 3.70. The van der Waals surface area contributed by atoms with E-state index >= 15 is 0 Å². The van der Waals surface area contributed by atoms with Gasteiger partial charge in [0.15, 0.2) is 5.69 Å². The first-order chi connectivity index (χ1) is 8.06. The number of carboxylic acids is 1. The Labute approximate surface area is 97.3 Å². The summed E-state index contributed by atoms with van der Waals surface area (Å²) in [6.07, 6.45) is 1.09. The van der Waals surface area contributed by atoms with Crippen LogP contribution in [0.3, 0.4) is 0 Å². The number of aromatic carboxylic acids is 1. The van der Waals surface area contributed by atoms with E-state index in [2.05, 4.69) is 10.3 Å². The number of aromatic nitrogens is 1. The predicted octanol–water partition coefficient (Wildman–Crippen LogP) is 2.45. The molecule has 0 amide bonds. The average Bonchev–Trinajstić information content (AvgIpc) is 2.86. The van der Waals surface area contributed by atoms with E-state index in [1.54, 1.807) is 0 Å². The Morgan fingerprint density at radius 1 is 1.53 bits per heavy atom. The molecule has 2 aromatic heterocycles. The smallest absolute Gasteiger partial charge is 0.357 e. The number of furan rings is 1. The summed E-state index contributed by atoms with van der Waals surface area (Å²) in [5, 5.41) is 11.6. The zero-order chi connectivity index (χ0) is 12.4. The van der Waals surface area contributed by atoms with Gasteiger partial charge in [0.1, 0.15) is 17.8 Å². The SMILES string of the molecule is Cc1ccc(C(C)Nc2nc(C(=O)O)co2)o1. The third kappa shape index (κ3) is 2.47. The van der Waals surface area contributed by atoms with Crippen molar-refractivity contribution in [2.45, 2.75) is 19.9 Å². The summed E-state index contributed by atoms with van der Waals surface area (Å²) >= 11 is 0. The highest BCUT2D eigenvalue weighted by molar-refractivity contribution is 5.85. The van der Waals surface area contributed by atoms with Crippen LogP contribution in [-0.2, 0) is 0 Å². The summed E-state index contributed by atoms with van der Waals surface area (Å²) in [5.74, 6) is 0.424. The van der Waals surface area contributed by atoms with Crippen molar-refractivity contribution < 1.29 is 18.7 Å². The topological polar surface area (TPSA) is 88.5 Å². The number of carbonyl (C=O) groups is 1. The molecule has 0 bridgehead atoms. The molecule has 6 nitrogen and oxygen atoms in total. The number of anilines is 1. The molecule has 2 heterocycles. The van der Waals surface area contributed by atoms with Gasteiger partial charge in [-0.25, -0.2) is 4.79 Å². The van der Waals surface area contributed by atoms with Crippen LogP contribution >= 0.6 is 0 Å². The van der Waals surface area contributed by atoms with Gasteiger partial charge in [-0.2, -0.15) is 4.98 Å². The van der Waals surface area contributed by atoms with E-state index in [1.165, 1.54) is 0 Å². The molecular formula is C11H12N2O4. The predicted molar refractivity (Wildman–Crippen MR) is 58.9 cm³/mol. The van der Waals surface area contributed by atoms with E-state index in [0.29, 0.717) is 0 Å². The maximum absolute atomic E-state index is 10.6. The van der Waals surface area contributed by atoms with Gasteiger partial charge in [-0.15, -0.1) is 0 Å². The minimum atomic E-state index is -1.12. The van der Waals surface area contributed by atoms with Gasteiger partial charge in [0.05, 0.1) is 6.04 Å². The largest absolute Gasteiger partial charge is 0.476 e. The number of carboxylic acid groups (broad SMARTS) is 1. The van der Waals surface area contributed by atoms with Crippen LogP contribution in [-0.4, -0.2) is 16.1 Å². The Morgan fingerprint density at radius 3 is 2.82 bits per heavy atom. The third-order valence-electron chi connectivity index (χ3n) is 2.25. The number of oxazole rings is 1. The molecule has 0 saturated carbocycles. The van der Waals surface area contributed by atoms with Crippen molar-refractivity contribution in [2.75, 3.05) is 5.32 Å². The molecule has 1 unspecified atom stereocenters. The van der Waals surface area contributed by atoms with Crippen molar-refractivity contribution >= 4 is 12.0 Å². The Bertz CT molecular complexity index is 529. The van der Waals surface area contributed by atoms with Crippen LogP contribution in [0.25, 0.3) is 0 Å². The van der Waals surface area contributed by atoms with Gasteiger partial charge in [0, 0.05) is 0 Å². The average molecular weight is 236 g/mol. The lowest BCUT2D eigenvalue weighted by molar-refractivity contribution is 0.0690. The molecule has 0 aliphatic carbocycles. The molecule has 6 heteroatoms. The number of rotatable bonds is 4. The molecular weight excluding hydrogens is 224 g/mol. The zero-order valence-electron chi connectivity index (χ0n) is 9.43. The molecule has 1 atom stereocenters. The maximum atomic E-state index is 10.6. The first kappa shape index (κ1) is 11.3. The van der Waals surface area contributed by atoms with Crippen LogP contribution in [0.4, 0.5) is 6.01 Å². The molecule has 2 N–H and O–H groups in total. The molecule has 0 aliphatic rings. The Morgan fingerprint density at radius 2 is 2.29 bits per heavy atom. The number of nitrogens with one attached hydrogen (secondary N) is 1. The van der Waals surface area contributed by atoms with Crippen LogP contribution in [0.15, 0.2) is 27.2 Å². The number of hydrogen-bond acceptors (Lipinski definition) is 5. The van der Waals surface area contributed by atoms with E-state index in [0.717, 1.165) is 17.8 Å². The molecule has 0 aliphatic heterocycles. The molecule has 2 rings (SSSR count). The molecule has 2 aromatic rings. The van der Waals surface area contributed by atoms with Crippen molar-refractivity contribution in [2.24, 2.45) is 0 Å². The second-order valence-electron chi connectivity index (χ2n) is 3.66. The summed E-state index contributed by atoms with van der Waals surface area (Å²) in [7, 11) is 0. The van der Waals surface area contributed by atoms with Crippen LogP contribution in [0.5, 0.6) is 0 Å². The lowest BCUT2D eigenvalue weighted by Gasteiger charge is -2.08. The molecule has 0 radical (unpaired) electrons. The van der Waals surface area contributed by atoms with E-state index in [4.69, 9.17) is 13.9 Å². The number of aryl methyl sites for hydroxylation is 1. The highest BCUT2D eigenvalue weighted by Crippen LogP contribution is 2.20. The van der Waals surface area contributed by atoms with Crippen molar-refractivity contribution in [3.8, 4) is 0 Å². The quantitative estimate of drug-likeness (QED) is 0.847. The first-order valence-corrected chi connectivity index (χ1v) is 5.08. The Hall–Kier alpha value is -2.24. The Kier molecular flexibility index (Phi) is 2.86. The Balaban J connectivity index is 2.07. The first-order valence-electron chi connectivity index (χ1n) is 5.08. The van der Waals surface area contributed by atoms with E-state index in [9.17, 15) is 4.79 Å². The molecule has 17 heavy (non-hydrogen) atoms. The van der Waals surface area contributed by atoms with Crippen LogP contribution in [0.1, 0.15) is 35.0 Å². The zero-order valence-corrected chi connectivity index (χ0v) is 9.43. The molecule has 0 aromatic carbocycles. The molecule has 0 fully saturated rings. The second-order valence-corrected chi connectivity index (χ2v) is 3.66. The summed E-state index contributed by atoms with van der Waals surface area (Å²) < 4.78 is 10.4. The summed E-state index contributed by atoms with van der Waals surface area (Å²) in [5.41, 5.74) is -0.129. The van der Waals surface area contributed by atoms with E-state index < -0.39 is 5.97 Å². The minimum Gasteiger partial charge on any atom is -0.476 e. The van der Waals surface area contributed by atoms with Crippen LogP contribution in [0.2, 0.25) is 0 Å². The molecule has 0 spiro atoms. The molecule has 90 valence electrons. The maximum Gasteiger partial charge on any atom is 0.357 e. The van der Waals surface area contributed by atoms with Gasteiger partial charge < -0.3 is 19.3 Å². The van der Waals surface area contributed by atoms with Crippen LogP contribution in [0, 0.1) is 6.92 Å². The van der Waals surface area contributed by atoms with Gasteiger partial charge >= 0.3 is 5.97 Å². The van der Waals surface area contributed by atoms with Gasteiger partial charge in [0.2, 0.25) is 0 Å². The minimum absolute atomic E-state index is 0.129. The fourth-order valence-corrected chi connectivity index (χ4v) is 1.38. The lowest BCUT2D eigenvalue weighted by Crippen LogP contribution is -2.06. The van der Waals surface area contributed by atoms with E-state index in [1.807, 2.05) is 26.0 Å². The normalized spacial score (nSPS) is 12.4. The monoisotopic (exact) mass is 236 g/mol. The van der Waals surface area contributed by atoms with Crippen molar-refractivity contribution in [3.05, 3.63) is 35.6 Å². The van der Waals surface area contributed by atoms with Crippen molar-refractivity contribution in [1.82, 2.24) is 4.98 Å². The van der Waals surface area contributed by atoms with Gasteiger partial charge in [-0.05, 0) is 26.0 Å². The summed E-state index contributed by atoms with van der Waals surface area (Å²) in [4.78, 5) is 14.4. The fraction of sp³-hybridized carbons (Fsp3) is 0.273. The van der Waals surface area contributed by atoms with Crippen molar-refractivity contribution in [3.63, 3.8) is 0 Å². The summed E-state index contributed by atoms with van der Waals surface area (Å²) in [6.45, 7) is 3.72. The second kappa shape index (κ2) is 4.32. The van der Waals surface area contributed by atoms with Gasteiger partial charge in [-0.1, -0.05) is 0 Å². The lowest BCUT2D eigenvalue weighted by atomic mass is 10.2. The highest BCUT2D eigenvalue weighted by atomic mass is 16.4. The van der Waals surface area contributed by atoms with Gasteiger partial charge in [-0.3, -0.25) is 0 Å². The van der Waals surface area contributed by atoms with E-state index in [-0.39, 0.29) is 17.8 Å². The standard InChI is InChI=1S/C11H12N2O4/c1-6-3-4-9(17-6)7(2)12-11-13-8(5-16-11)10(14)15/h3-5,7H,1-2H3,(H,12,13)(H,14,15). The third-order valence-corrected chi connectivity index (χ3v) is 2.25. The van der Waals surface area contributed by atoms with Gasteiger partial charge in [0.25, 0.3) is 6.01 Å². The number of nitrogens with zero attached hydrogens (tertiary/aromatic N) is 1.